The van der Waals surface area contributed by atoms with Crippen LogP contribution in [0.2, 0.25) is 5.02 Å². The van der Waals surface area contributed by atoms with E-state index < -0.39 is 15.1 Å². The summed E-state index contributed by atoms with van der Waals surface area (Å²) in [6.45, 7) is 2.62. The molecule has 0 atom stereocenters. The molecule has 6 heteroatoms. The lowest BCUT2D eigenvalue weighted by atomic mass is 10.1. The molecule has 0 radical (unpaired) electrons. The molecule has 110 valence electrons. The number of sulfone groups is 1. The summed E-state index contributed by atoms with van der Waals surface area (Å²) in [5, 5.41) is 0.0168. The number of carbonyl (C=O) groups excluding carboxylic acids is 1. The third-order valence-corrected chi connectivity index (χ3v) is 5.88. The van der Waals surface area contributed by atoms with Crippen molar-refractivity contribution in [3.05, 3.63) is 29.3 Å². The third kappa shape index (κ3) is 3.15. The Morgan fingerprint density at radius 2 is 1.90 bits per heavy atom. The van der Waals surface area contributed by atoms with Crippen LogP contribution >= 0.6 is 11.6 Å². The van der Waals surface area contributed by atoms with Gasteiger partial charge in [0.15, 0.2) is 9.84 Å². The van der Waals surface area contributed by atoms with Crippen LogP contribution in [0.3, 0.4) is 0 Å². The maximum Gasteiger partial charge on any atom is 0.222 e. The van der Waals surface area contributed by atoms with Gasteiger partial charge in [0.2, 0.25) is 5.91 Å². The van der Waals surface area contributed by atoms with Gasteiger partial charge in [-0.15, -0.1) is 0 Å². The Morgan fingerprint density at radius 3 is 2.45 bits per heavy atom. The normalized spacial score (nSPS) is 16.0. The van der Waals surface area contributed by atoms with Crippen molar-refractivity contribution in [2.45, 2.75) is 36.3 Å². The molecule has 0 aromatic heterocycles. The lowest BCUT2D eigenvalue weighted by Crippen LogP contribution is -2.56. The molecule has 1 aliphatic heterocycles. The molecule has 1 aliphatic rings. The van der Waals surface area contributed by atoms with E-state index in [-0.39, 0.29) is 10.8 Å². The van der Waals surface area contributed by atoms with Crippen LogP contribution in [0.15, 0.2) is 29.2 Å². The van der Waals surface area contributed by atoms with Gasteiger partial charge in [0.25, 0.3) is 0 Å². The molecule has 0 N–H and O–H groups in total. The molecule has 0 spiro atoms. The van der Waals surface area contributed by atoms with E-state index in [4.69, 9.17) is 11.6 Å². The Morgan fingerprint density at radius 1 is 1.30 bits per heavy atom. The van der Waals surface area contributed by atoms with Crippen molar-refractivity contribution in [1.82, 2.24) is 4.90 Å². The van der Waals surface area contributed by atoms with Gasteiger partial charge in [-0.05, 0) is 30.7 Å². The number of benzene rings is 1. The summed E-state index contributed by atoms with van der Waals surface area (Å²) in [5.74, 6) is 0.0504. The van der Waals surface area contributed by atoms with Crippen molar-refractivity contribution in [1.29, 1.82) is 0 Å². The van der Waals surface area contributed by atoms with Crippen molar-refractivity contribution in [2.24, 2.45) is 0 Å². The lowest BCUT2D eigenvalue weighted by molar-refractivity contribution is -0.134. The minimum Gasteiger partial charge on any atom is -0.340 e. The van der Waals surface area contributed by atoms with Crippen LogP contribution in [-0.4, -0.2) is 37.6 Å². The number of amides is 1. The van der Waals surface area contributed by atoms with Crippen molar-refractivity contribution >= 4 is 27.3 Å². The Bertz CT molecular complexity index is 577. The standard InChI is InChI=1S/C14H18ClNO3S/c1-2-3-4-14(17)16-9-13(10-16)20(18,19)12-7-5-11(15)6-8-12/h5-8,13H,2-4,9-10H2,1H3. The second kappa shape index (κ2) is 6.14. The summed E-state index contributed by atoms with van der Waals surface area (Å²) in [5.41, 5.74) is 0. The van der Waals surface area contributed by atoms with E-state index in [0.717, 1.165) is 12.8 Å². The van der Waals surface area contributed by atoms with Crippen LogP contribution in [-0.2, 0) is 14.6 Å². The van der Waals surface area contributed by atoms with E-state index in [2.05, 4.69) is 0 Å². The highest BCUT2D eigenvalue weighted by Gasteiger charge is 2.40. The zero-order valence-corrected chi connectivity index (χ0v) is 13.0. The zero-order chi connectivity index (χ0) is 14.8. The molecule has 0 aliphatic carbocycles. The molecule has 2 rings (SSSR count). The molecule has 0 unspecified atom stereocenters. The van der Waals surface area contributed by atoms with Gasteiger partial charge >= 0.3 is 0 Å². The number of likely N-dealkylation sites (tertiary alicyclic amines) is 1. The first-order chi connectivity index (χ1) is 9.45. The first kappa shape index (κ1) is 15.3. The van der Waals surface area contributed by atoms with E-state index >= 15 is 0 Å². The Hall–Kier alpha value is -1.07. The van der Waals surface area contributed by atoms with Crippen LogP contribution < -0.4 is 0 Å². The average molecular weight is 316 g/mol. The number of hydrogen-bond acceptors (Lipinski definition) is 3. The first-order valence-electron chi connectivity index (χ1n) is 6.72. The molecule has 1 heterocycles. The topological polar surface area (TPSA) is 54.5 Å². The molecule has 4 nitrogen and oxygen atoms in total. The fourth-order valence-corrected chi connectivity index (χ4v) is 3.92. The quantitative estimate of drug-likeness (QED) is 0.839. The zero-order valence-electron chi connectivity index (χ0n) is 11.4. The highest BCUT2D eigenvalue weighted by molar-refractivity contribution is 7.92. The molecular weight excluding hydrogens is 298 g/mol. The second-order valence-corrected chi connectivity index (χ2v) is 7.69. The minimum absolute atomic E-state index is 0.0504. The predicted molar refractivity (Wildman–Crippen MR) is 78.5 cm³/mol. The molecular formula is C14H18ClNO3S. The number of unbranched alkanes of at least 4 members (excludes halogenated alkanes) is 1. The molecule has 0 saturated carbocycles. The van der Waals surface area contributed by atoms with Gasteiger partial charge < -0.3 is 4.90 Å². The van der Waals surface area contributed by atoms with Gasteiger partial charge in [0.05, 0.1) is 4.90 Å². The lowest BCUT2D eigenvalue weighted by Gasteiger charge is -2.38. The van der Waals surface area contributed by atoms with Gasteiger partial charge in [-0.25, -0.2) is 8.42 Å². The molecule has 20 heavy (non-hydrogen) atoms. The Kier molecular flexibility index (Phi) is 4.70. The van der Waals surface area contributed by atoms with Crippen molar-refractivity contribution in [3.63, 3.8) is 0 Å². The van der Waals surface area contributed by atoms with Gasteiger partial charge in [-0.3, -0.25) is 4.79 Å². The number of rotatable bonds is 5. The highest BCUT2D eigenvalue weighted by atomic mass is 35.5. The summed E-state index contributed by atoms with van der Waals surface area (Å²) in [4.78, 5) is 13.6. The van der Waals surface area contributed by atoms with E-state index in [9.17, 15) is 13.2 Å². The summed E-state index contributed by atoms with van der Waals surface area (Å²) >= 11 is 5.75. The third-order valence-electron chi connectivity index (χ3n) is 3.53. The largest absolute Gasteiger partial charge is 0.340 e. The predicted octanol–water partition coefficient (Wildman–Crippen LogP) is 2.51. The van der Waals surface area contributed by atoms with E-state index in [0.29, 0.717) is 24.5 Å². The molecule has 1 aromatic rings. The van der Waals surface area contributed by atoms with Gasteiger partial charge in [0, 0.05) is 24.5 Å². The molecule has 1 fully saturated rings. The summed E-state index contributed by atoms with van der Waals surface area (Å²) in [6, 6.07) is 6.16. The number of carbonyl (C=O) groups is 1. The Balaban J connectivity index is 1.97. The van der Waals surface area contributed by atoms with Crippen LogP contribution in [0.1, 0.15) is 26.2 Å². The van der Waals surface area contributed by atoms with E-state index in [1.807, 2.05) is 6.92 Å². The van der Waals surface area contributed by atoms with E-state index in [1.54, 1.807) is 17.0 Å². The maximum atomic E-state index is 12.3. The summed E-state index contributed by atoms with van der Waals surface area (Å²) in [6.07, 6.45) is 2.32. The number of hydrogen-bond donors (Lipinski definition) is 0. The monoisotopic (exact) mass is 315 g/mol. The maximum absolute atomic E-state index is 12.3. The smallest absolute Gasteiger partial charge is 0.222 e. The van der Waals surface area contributed by atoms with Gasteiger partial charge in [-0.2, -0.15) is 0 Å². The second-order valence-electron chi connectivity index (χ2n) is 5.02. The average Bonchev–Trinajstić information content (AvgIpc) is 2.34. The molecule has 1 amide bonds. The van der Waals surface area contributed by atoms with Crippen molar-refractivity contribution in [2.75, 3.05) is 13.1 Å². The van der Waals surface area contributed by atoms with Crippen LogP contribution in [0.25, 0.3) is 0 Å². The van der Waals surface area contributed by atoms with Crippen LogP contribution in [0.5, 0.6) is 0 Å². The summed E-state index contributed by atoms with van der Waals surface area (Å²) < 4.78 is 24.7. The van der Waals surface area contributed by atoms with Gasteiger partial charge in [0.1, 0.15) is 5.25 Å². The van der Waals surface area contributed by atoms with Gasteiger partial charge in [-0.1, -0.05) is 24.9 Å². The number of nitrogens with zero attached hydrogens (tertiary/aromatic N) is 1. The minimum atomic E-state index is -3.36. The highest BCUT2D eigenvalue weighted by Crippen LogP contribution is 2.25. The SMILES string of the molecule is CCCCC(=O)N1CC(S(=O)(=O)c2ccc(Cl)cc2)C1. The molecule has 0 bridgehead atoms. The van der Waals surface area contributed by atoms with Crippen LogP contribution in [0.4, 0.5) is 0 Å². The number of halogens is 1. The van der Waals surface area contributed by atoms with Crippen LogP contribution in [0, 0.1) is 0 Å². The fourth-order valence-electron chi connectivity index (χ4n) is 2.14. The summed E-state index contributed by atoms with van der Waals surface area (Å²) in [7, 11) is -3.36. The first-order valence-corrected chi connectivity index (χ1v) is 8.65. The van der Waals surface area contributed by atoms with Crippen molar-refractivity contribution < 1.29 is 13.2 Å². The fraction of sp³-hybridized carbons (Fsp3) is 0.500. The molecule has 1 aromatic carbocycles. The molecule has 1 saturated heterocycles. The Labute approximate surface area is 124 Å². The van der Waals surface area contributed by atoms with Crippen molar-refractivity contribution in [3.8, 4) is 0 Å². The van der Waals surface area contributed by atoms with E-state index in [1.165, 1.54) is 12.1 Å².